The lowest BCUT2D eigenvalue weighted by molar-refractivity contribution is 0.187. The lowest BCUT2D eigenvalue weighted by atomic mass is 9.73. The number of piperidine rings is 1. The maximum absolute atomic E-state index is 13.8. The third-order valence-electron chi connectivity index (χ3n) is 6.67. The molecule has 0 amide bonds. The van der Waals surface area contributed by atoms with Crippen molar-refractivity contribution in [1.82, 2.24) is 15.0 Å². The molecule has 8 nitrogen and oxygen atoms in total. The van der Waals surface area contributed by atoms with Crippen LogP contribution in [0, 0.1) is 11.2 Å². The first-order valence-electron chi connectivity index (χ1n) is 10.5. The average Bonchev–Trinajstić information content (AvgIpc) is 3.04. The van der Waals surface area contributed by atoms with E-state index in [0.29, 0.717) is 33.0 Å². The largest absolute Gasteiger partial charge is 0.505 e. The van der Waals surface area contributed by atoms with E-state index in [4.69, 9.17) is 28.8 Å². The van der Waals surface area contributed by atoms with Gasteiger partial charge in [0.15, 0.2) is 17.4 Å². The number of nitrogens with two attached hydrogens (primary N) is 3. The third-order valence-corrected chi connectivity index (χ3v) is 8.25. The van der Waals surface area contributed by atoms with Gasteiger partial charge in [0.25, 0.3) is 0 Å². The number of aromatic nitrogens is 3. The van der Waals surface area contributed by atoms with E-state index in [-0.39, 0.29) is 23.0 Å². The Hall–Kier alpha value is -2.82. The number of pyridine rings is 1. The number of benzene rings is 1. The van der Waals surface area contributed by atoms with Gasteiger partial charge in [0, 0.05) is 30.2 Å². The van der Waals surface area contributed by atoms with Gasteiger partial charge >= 0.3 is 0 Å². The van der Waals surface area contributed by atoms with Crippen molar-refractivity contribution in [2.24, 2.45) is 11.1 Å². The molecule has 33 heavy (non-hydrogen) atoms. The summed E-state index contributed by atoms with van der Waals surface area (Å²) in [7, 11) is 0. The van der Waals surface area contributed by atoms with Crippen molar-refractivity contribution in [2.45, 2.75) is 35.2 Å². The molecule has 0 radical (unpaired) electrons. The highest BCUT2D eigenvalue weighted by atomic mass is 35.5. The molecular formula is C22H23ClFN7OS. The zero-order chi connectivity index (χ0) is 23.3. The van der Waals surface area contributed by atoms with Gasteiger partial charge in [-0.3, -0.25) is 0 Å². The van der Waals surface area contributed by atoms with E-state index in [1.54, 1.807) is 18.5 Å². The van der Waals surface area contributed by atoms with Gasteiger partial charge in [0.2, 0.25) is 0 Å². The third kappa shape index (κ3) is 3.81. The molecule has 3 heterocycles. The smallest absolute Gasteiger partial charge is 0.165 e. The Morgan fingerprint density at radius 3 is 2.67 bits per heavy atom. The molecule has 3 aromatic rings. The SMILES string of the molecule is Nc1nc(N2CCC3(CC2)Cc2cc(F)c(O)cc2C3N)cnc1Sc1ccnc(N)c1Cl. The summed E-state index contributed by atoms with van der Waals surface area (Å²) >= 11 is 7.50. The van der Waals surface area contributed by atoms with Crippen LogP contribution < -0.4 is 22.1 Å². The average molecular weight is 488 g/mol. The molecule has 1 spiro atoms. The van der Waals surface area contributed by atoms with Crippen LogP contribution in [0.2, 0.25) is 5.02 Å². The standard InChI is InChI=1S/C22H23ClFN7OS/c23-17-15(1-4-28-19(17)26)33-21-20(27)30-16(10-29-21)31-5-2-22(3-6-31)9-11-7-13(24)14(32)8-12(11)18(22)25/h1,4,7-8,10,18,32H,2-3,5-6,9,25H2,(H2,26,28)(H2,27,30). The van der Waals surface area contributed by atoms with Gasteiger partial charge in [-0.1, -0.05) is 23.4 Å². The van der Waals surface area contributed by atoms with Crippen molar-refractivity contribution >= 4 is 40.8 Å². The first kappa shape index (κ1) is 22.0. The van der Waals surface area contributed by atoms with Crippen LogP contribution >= 0.6 is 23.4 Å². The lowest BCUT2D eigenvalue weighted by Gasteiger charge is -2.42. The lowest BCUT2D eigenvalue weighted by Crippen LogP contribution is -2.44. The summed E-state index contributed by atoms with van der Waals surface area (Å²) in [6, 6.07) is 4.39. The van der Waals surface area contributed by atoms with Crippen LogP contribution in [0.15, 0.2) is 40.5 Å². The number of hydrogen-bond donors (Lipinski definition) is 4. The monoisotopic (exact) mass is 487 g/mol. The van der Waals surface area contributed by atoms with Crippen LogP contribution in [0.5, 0.6) is 5.75 Å². The second-order valence-electron chi connectivity index (χ2n) is 8.54. The Kier molecular flexibility index (Phi) is 5.46. The number of fused-ring (bicyclic) bond motifs is 1. The Balaban J connectivity index is 1.30. The number of nitrogens with zero attached hydrogens (tertiary/aromatic N) is 4. The number of phenols is 1. The highest BCUT2D eigenvalue weighted by Gasteiger charge is 2.46. The number of aromatic hydroxyl groups is 1. The van der Waals surface area contributed by atoms with Crippen LogP contribution in [0.25, 0.3) is 0 Å². The minimum absolute atomic E-state index is 0.161. The number of nitrogen functional groups attached to an aromatic ring is 2. The summed E-state index contributed by atoms with van der Waals surface area (Å²) in [5.41, 5.74) is 20.1. The zero-order valence-electron chi connectivity index (χ0n) is 17.6. The predicted molar refractivity (Wildman–Crippen MR) is 127 cm³/mol. The highest BCUT2D eigenvalue weighted by molar-refractivity contribution is 7.99. The first-order chi connectivity index (χ1) is 15.8. The Bertz CT molecular complexity index is 1240. The molecule has 0 bridgehead atoms. The molecule has 1 aliphatic carbocycles. The number of phenolic OH excluding ortho intramolecular Hbond substituents is 1. The van der Waals surface area contributed by atoms with E-state index in [9.17, 15) is 9.50 Å². The summed E-state index contributed by atoms with van der Waals surface area (Å²) in [5, 5.41) is 10.7. The van der Waals surface area contributed by atoms with E-state index in [2.05, 4.69) is 19.9 Å². The molecule has 11 heteroatoms. The number of rotatable bonds is 3. The van der Waals surface area contributed by atoms with Crippen molar-refractivity contribution in [3.8, 4) is 5.75 Å². The second kappa shape index (κ2) is 8.19. The molecule has 2 aromatic heterocycles. The van der Waals surface area contributed by atoms with Crippen LogP contribution in [0.1, 0.15) is 30.0 Å². The number of halogens is 2. The second-order valence-corrected chi connectivity index (χ2v) is 9.94. The van der Waals surface area contributed by atoms with Crippen molar-refractivity contribution in [2.75, 3.05) is 29.5 Å². The van der Waals surface area contributed by atoms with Crippen LogP contribution in [-0.4, -0.2) is 33.1 Å². The van der Waals surface area contributed by atoms with E-state index in [1.165, 1.54) is 23.9 Å². The van der Waals surface area contributed by atoms with E-state index in [0.717, 1.165) is 37.1 Å². The fourth-order valence-corrected chi connectivity index (χ4v) is 5.80. The first-order valence-corrected chi connectivity index (χ1v) is 11.7. The molecule has 1 unspecified atom stereocenters. The molecule has 1 aliphatic heterocycles. The van der Waals surface area contributed by atoms with Crippen molar-refractivity contribution in [1.29, 1.82) is 0 Å². The minimum atomic E-state index is -0.602. The summed E-state index contributed by atoms with van der Waals surface area (Å²) in [4.78, 5) is 15.8. The Morgan fingerprint density at radius 1 is 1.18 bits per heavy atom. The molecule has 1 saturated heterocycles. The predicted octanol–water partition coefficient (Wildman–Crippen LogP) is 3.53. The molecular weight excluding hydrogens is 465 g/mol. The van der Waals surface area contributed by atoms with Gasteiger partial charge in [-0.25, -0.2) is 19.3 Å². The normalized spacial score (nSPS) is 19.1. The van der Waals surface area contributed by atoms with Crippen LogP contribution in [0.3, 0.4) is 0 Å². The van der Waals surface area contributed by atoms with Gasteiger partial charge in [-0.05, 0) is 54.0 Å². The van der Waals surface area contributed by atoms with E-state index >= 15 is 0 Å². The van der Waals surface area contributed by atoms with Gasteiger partial charge in [0.1, 0.15) is 16.7 Å². The molecule has 172 valence electrons. The van der Waals surface area contributed by atoms with Crippen LogP contribution in [0.4, 0.5) is 21.8 Å². The zero-order valence-corrected chi connectivity index (χ0v) is 19.2. The van der Waals surface area contributed by atoms with Crippen molar-refractivity contribution in [3.05, 3.63) is 52.6 Å². The topological polar surface area (TPSA) is 140 Å². The Labute approximate surface area is 199 Å². The quantitative estimate of drug-likeness (QED) is 0.436. The molecule has 5 rings (SSSR count). The van der Waals surface area contributed by atoms with Crippen molar-refractivity contribution in [3.63, 3.8) is 0 Å². The van der Waals surface area contributed by atoms with Gasteiger partial charge in [-0.15, -0.1) is 0 Å². The molecule has 7 N–H and O–H groups in total. The van der Waals surface area contributed by atoms with Crippen LogP contribution in [-0.2, 0) is 6.42 Å². The summed E-state index contributed by atoms with van der Waals surface area (Å²) in [6.07, 6.45) is 5.61. The highest BCUT2D eigenvalue weighted by Crippen LogP contribution is 2.52. The number of anilines is 3. The summed E-state index contributed by atoms with van der Waals surface area (Å²) in [5.74, 6) is 0.297. The van der Waals surface area contributed by atoms with E-state index in [1.807, 2.05) is 0 Å². The maximum atomic E-state index is 13.8. The van der Waals surface area contributed by atoms with Gasteiger partial charge < -0.3 is 27.2 Å². The molecule has 1 aromatic carbocycles. The number of hydrogen-bond acceptors (Lipinski definition) is 9. The molecule has 2 aliphatic rings. The molecule has 1 fully saturated rings. The summed E-state index contributed by atoms with van der Waals surface area (Å²) < 4.78 is 13.8. The fraction of sp³-hybridized carbons (Fsp3) is 0.318. The van der Waals surface area contributed by atoms with Gasteiger partial charge in [-0.2, -0.15) is 0 Å². The van der Waals surface area contributed by atoms with Crippen molar-refractivity contribution < 1.29 is 9.50 Å². The maximum Gasteiger partial charge on any atom is 0.165 e. The van der Waals surface area contributed by atoms with Gasteiger partial charge in [0.05, 0.1) is 11.2 Å². The fourth-order valence-electron chi connectivity index (χ4n) is 4.79. The molecule has 0 saturated carbocycles. The molecule has 1 atom stereocenters. The summed E-state index contributed by atoms with van der Waals surface area (Å²) in [6.45, 7) is 1.45. The minimum Gasteiger partial charge on any atom is -0.505 e. The van der Waals surface area contributed by atoms with E-state index < -0.39 is 5.82 Å². The Morgan fingerprint density at radius 2 is 1.94 bits per heavy atom.